The monoisotopic (exact) mass is 693 g/mol. The number of nitrogens with zero attached hydrogens (tertiary/aromatic N) is 4. The number of methoxy groups -OCH3 is 1. The van der Waals surface area contributed by atoms with Gasteiger partial charge in [0.2, 0.25) is 0 Å². The molecule has 2 atom stereocenters. The van der Waals surface area contributed by atoms with Gasteiger partial charge in [0.1, 0.15) is 11.8 Å². The molecule has 4 amide bonds. The zero-order valence-corrected chi connectivity index (χ0v) is 27.1. The number of anilines is 1. The van der Waals surface area contributed by atoms with E-state index in [2.05, 4.69) is 37.8 Å². The Morgan fingerprint density at radius 3 is 2.67 bits per heavy atom. The first kappa shape index (κ1) is 32.8. The molecule has 242 valence electrons. The average molecular weight is 695 g/mol. The van der Waals surface area contributed by atoms with Crippen molar-refractivity contribution in [3.05, 3.63) is 70.0 Å². The average Bonchev–Trinajstić information content (AvgIpc) is 3.46. The Morgan fingerprint density at radius 2 is 1.91 bits per heavy atom. The second-order valence-electron chi connectivity index (χ2n) is 11.4. The fraction of sp³-hybridized carbons (Fsp3) is 0.424. The zero-order chi connectivity index (χ0) is 32.6. The minimum Gasteiger partial charge on any atom is -0.507 e. The smallest absolute Gasteiger partial charge is 0.410 e. The number of halogens is 1. The van der Waals surface area contributed by atoms with Gasteiger partial charge in [-0.25, -0.2) is 14.4 Å². The number of phenols is 1. The Morgan fingerprint density at radius 1 is 1.13 bits per heavy atom. The number of nitrogens with one attached hydrogen (secondary N) is 1. The van der Waals surface area contributed by atoms with Crippen LogP contribution in [0.1, 0.15) is 36.8 Å². The van der Waals surface area contributed by atoms with Crippen LogP contribution in [0.4, 0.5) is 15.3 Å². The summed E-state index contributed by atoms with van der Waals surface area (Å²) in [6.45, 7) is 1.92. The first-order valence-electron chi connectivity index (χ1n) is 15.2. The Balaban J connectivity index is 1.23. The summed E-state index contributed by atoms with van der Waals surface area (Å²) in [4.78, 5) is 60.4. The van der Waals surface area contributed by atoms with Gasteiger partial charge < -0.3 is 34.6 Å². The van der Waals surface area contributed by atoms with Crippen molar-refractivity contribution in [2.24, 2.45) is 4.99 Å². The van der Waals surface area contributed by atoms with E-state index in [4.69, 9.17) is 9.47 Å². The molecule has 0 bridgehead atoms. The fourth-order valence-electron chi connectivity index (χ4n) is 5.97. The number of carbonyl (C=O) groups is 4. The van der Waals surface area contributed by atoms with Crippen LogP contribution in [0.2, 0.25) is 0 Å². The lowest BCUT2D eigenvalue weighted by molar-refractivity contribution is -0.145. The number of hydrogen-bond acceptors (Lipinski definition) is 8. The largest absolute Gasteiger partial charge is 0.507 e. The summed E-state index contributed by atoms with van der Waals surface area (Å²) in [5.74, 6) is 1.42. The molecule has 12 nitrogen and oxygen atoms in total. The van der Waals surface area contributed by atoms with Crippen molar-refractivity contribution in [2.75, 3.05) is 38.6 Å². The SMILES string of the molecule is COC(=O)[C@@H]1CCCN1C=C=C=NC(=O)[C@@H](Cc1ccc(O)c(Br)c1)OC(=O)N1CCC(N2CCc3ccccc3NC2=O)CC1. The number of aliphatic imine (C=N–C) groups is 1. The molecular weight excluding hydrogens is 658 g/mol. The van der Waals surface area contributed by atoms with E-state index in [9.17, 15) is 24.3 Å². The molecule has 2 aromatic carbocycles. The highest BCUT2D eigenvalue weighted by atomic mass is 79.9. The number of piperidine rings is 1. The topological polar surface area (TPSA) is 141 Å². The molecule has 0 saturated carbocycles. The summed E-state index contributed by atoms with van der Waals surface area (Å²) in [6, 6.07) is 11.9. The van der Waals surface area contributed by atoms with Gasteiger partial charge in [0.25, 0.3) is 5.91 Å². The molecule has 0 spiro atoms. The molecule has 2 fully saturated rings. The van der Waals surface area contributed by atoms with Crippen molar-refractivity contribution in [1.82, 2.24) is 14.7 Å². The van der Waals surface area contributed by atoms with Gasteiger partial charge in [-0.3, -0.25) is 4.79 Å². The molecule has 13 heteroatoms. The molecule has 5 rings (SSSR count). The third-order valence-corrected chi connectivity index (χ3v) is 9.12. The third kappa shape index (κ3) is 7.98. The Kier molecular flexibility index (Phi) is 10.8. The lowest BCUT2D eigenvalue weighted by atomic mass is 10.0. The Bertz CT molecular complexity index is 1580. The second-order valence-corrected chi connectivity index (χ2v) is 12.2. The van der Waals surface area contributed by atoms with Crippen LogP contribution in [0.3, 0.4) is 0 Å². The molecule has 2 aromatic rings. The molecule has 3 heterocycles. The Hall–Kier alpha value is -4.57. The predicted octanol–water partition coefficient (Wildman–Crippen LogP) is 4.26. The minimum atomic E-state index is -1.26. The number of aromatic hydroxyl groups is 1. The number of para-hydroxylation sites is 1. The number of amides is 4. The molecule has 46 heavy (non-hydrogen) atoms. The van der Waals surface area contributed by atoms with Gasteiger partial charge in [-0.2, -0.15) is 4.99 Å². The summed E-state index contributed by atoms with van der Waals surface area (Å²) in [5.41, 5.74) is 5.24. The highest BCUT2D eigenvalue weighted by Gasteiger charge is 2.34. The molecule has 3 aliphatic heterocycles. The van der Waals surface area contributed by atoms with Crippen molar-refractivity contribution in [3.8, 4) is 5.75 Å². The van der Waals surface area contributed by atoms with E-state index in [1.54, 1.807) is 17.0 Å². The van der Waals surface area contributed by atoms with Crippen molar-refractivity contribution in [1.29, 1.82) is 0 Å². The van der Waals surface area contributed by atoms with Crippen molar-refractivity contribution in [3.63, 3.8) is 0 Å². The maximum atomic E-state index is 13.3. The van der Waals surface area contributed by atoms with Gasteiger partial charge in [-0.15, -0.1) is 0 Å². The van der Waals surface area contributed by atoms with Crippen LogP contribution in [0.15, 0.2) is 63.9 Å². The van der Waals surface area contributed by atoms with E-state index in [1.165, 1.54) is 24.3 Å². The molecule has 3 aliphatic rings. The van der Waals surface area contributed by atoms with Crippen LogP contribution < -0.4 is 5.32 Å². The van der Waals surface area contributed by atoms with Gasteiger partial charge in [0.05, 0.1) is 17.8 Å². The lowest BCUT2D eigenvalue weighted by Gasteiger charge is -2.37. The number of benzene rings is 2. The van der Waals surface area contributed by atoms with Gasteiger partial charge >= 0.3 is 18.1 Å². The van der Waals surface area contributed by atoms with E-state index in [-0.39, 0.29) is 30.2 Å². The van der Waals surface area contributed by atoms with E-state index in [0.29, 0.717) is 55.5 Å². The van der Waals surface area contributed by atoms with Crippen LogP contribution >= 0.6 is 15.9 Å². The van der Waals surface area contributed by atoms with Gasteiger partial charge in [-0.05, 0) is 83.1 Å². The summed E-state index contributed by atoms with van der Waals surface area (Å²) >= 11 is 3.28. The van der Waals surface area contributed by atoms with Crippen molar-refractivity contribution in [2.45, 2.75) is 56.7 Å². The lowest BCUT2D eigenvalue weighted by Crippen LogP contribution is -2.50. The molecule has 0 aliphatic carbocycles. The number of rotatable bonds is 7. The first-order valence-corrected chi connectivity index (χ1v) is 16.0. The van der Waals surface area contributed by atoms with Gasteiger partial charge in [0.15, 0.2) is 6.10 Å². The number of urea groups is 1. The second kappa shape index (κ2) is 15.1. The van der Waals surface area contributed by atoms with Crippen LogP contribution in [0.5, 0.6) is 5.75 Å². The summed E-state index contributed by atoms with van der Waals surface area (Å²) < 4.78 is 11.0. The minimum absolute atomic E-state index is 0.0138. The highest BCUT2D eigenvalue weighted by Crippen LogP contribution is 2.27. The van der Waals surface area contributed by atoms with E-state index in [0.717, 1.165) is 24.1 Å². The molecule has 0 radical (unpaired) electrons. The van der Waals surface area contributed by atoms with E-state index in [1.807, 2.05) is 29.2 Å². The van der Waals surface area contributed by atoms with Crippen molar-refractivity contribution < 1.29 is 33.8 Å². The molecule has 0 aromatic heterocycles. The maximum absolute atomic E-state index is 13.3. The van der Waals surface area contributed by atoms with Gasteiger partial charge in [0, 0.05) is 50.2 Å². The van der Waals surface area contributed by atoms with E-state index >= 15 is 0 Å². The molecule has 2 N–H and O–H groups in total. The number of ether oxygens (including phenoxy) is 2. The zero-order valence-electron chi connectivity index (χ0n) is 25.5. The maximum Gasteiger partial charge on any atom is 0.410 e. The van der Waals surface area contributed by atoms with Crippen LogP contribution in [-0.2, 0) is 31.9 Å². The van der Waals surface area contributed by atoms with Crippen LogP contribution in [0, 0.1) is 0 Å². The standard InChI is InChI=1S/C33H36BrN5O7/c1-45-31(42)27-8-4-15-37(27)16-5-14-35-30(41)29(21-22-9-10-28(40)25(34)20-22)46-33(44)38-17-12-24(13-18-38)39-19-11-23-6-2-3-7-26(23)36-32(39)43/h2-3,6-7,9-10,16,20,24,27,29,40H,4,8,11-13,15,17-19,21H2,1H3,(H,36,43)/t27-,29+/m0/s1. The molecular formula is C33H36BrN5O7. The fourth-order valence-corrected chi connectivity index (χ4v) is 6.40. The third-order valence-electron chi connectivity index (χ3n) is 8.49. The number of carbonyl (C=O) groups excluding carboxylic acids is 4. The molecule has 2 saturated heterocycles. The number of fused-ring (bicyclic) bond motifs is 1. The summed E-state index contributed by atoms with van der Waals surface area (Å²) in [6.07, 6.45) is 2.94. The summed E-state index contributed by atoms with van der Waals surface area (Å²) in [7, 11) is 1.34. The van der Waals surface area contributed by atoms with E-state index < -0.39 is 24.1 Å². The number of esters is 1. The first-order chi connectivity index (χ1) is 22.2. The van der Waals surface area contributed by atoms with Crippen LogP contribution in [0.25, 0.3) is 0 Å². The summed E-state index contributed by atoms with van der Waals surface area (Å²) in [5, 5.41) is 12.9. The predicted molar refractivity (Wildman–Crippen MR) is 173 cm³/mol. The Labute approximate surface area is 275 Å². The number of likely N-dealkylation sites (tertiary alicyclic amines) is 2. The van der Waals surface area contributed by atoms with Gasteiger partial charge in [-0.1, -0.05) is 24.3 Å². The van der Waals surface area contributed by atoms with Crippen molar-refractivity contribution >= 4 is 51.5 Å². The molecule has 0 unspecified atom stereocenters. The van der Waals surface area contributed by atoms with Crippen LogP contribution in [-0.4, -0.2) is 101 Å². The number of hydrogen-bond donors (Lipinski definition) is 2. The quantitative estimate of drug-likeness (QED) is 0.249. The number of phenolic OH excluding ortho intramolecular Hbond substituents is 1. The normalized spacial score (nSPS) is 18.7. The highest BCUT2D eigenvalue weighted by molar-refractivity contribution is 9.10.